The number of aliphatic hydroxyl groups excluding tert-OH is 1. The van der Waals surface area contributed by atoms with Crippen molar-refractivity contribution in [1.29, 1.82) is 0 Å². The Kier molecular flexibility index (Phi) is 6.95. The Labute approximate surface area is 191 Å². The largest absolute Gasteiger partial charge is 0.497 e. The van der Waals surface area contributed by atoms with Crippen molar-refractivity contribution in [3.8, 4) is 5.75 Å². The summed E-state index contributed by atoms with van der Waals surface area (Å²) in [5, 5.41) is 13.3. The molecule has 1 unspecified atom stereocenters. The lowest BCUT2D eigenvalue weighted by atomic mass is 9.95. The summed E-state index contributed by atoms with van der Waals surface area (Å²) < 4.78 is 50.1. The molecule has 2 N–H and O–H groups in total. The van der Waals surface area contributed by atoms with E-state index in [1.165, 1.54) is 19.2 Å². The minimum atomic E-state index is -3.63. The van der Waals surface area contributed by atoms with Gasteiger partial charge < -0.3 is 20.1 Å². The summed E-state index contributed by atoms with van der Waals surface area (Å²) in [7, 11) is 1.41. The Balaban J connectivity index is 1.54. The average Bonchev–Trinajstić information content (AvgIpc) is 3.48. The van der Waals surface area contributed by atoms with E-state index in [0.29, 0.717) is 5.75 Å². The lowest BCUT2D eigenvalue weighted by Crippen LogP contribution is -2.54. The third-order valence-corrected chi connectivity index (χ3v) is 6.74. The van der Waals surface area contributed by atoms with Crippen molar-refractivity contribution in [3.05, 3.63) is 65.0 Å². The number of nitrogens with one attached hydrogen (secondary N) is 1. The minimum Gasteiger partial charge on any atom is -0.497 e. The highest BCUT2D eigenvalue weighted by molar-refractivity contribution is 5.84. The first-order chi connectivity index (χ1) is 15.8. The van der Waals surface area contributed by atoms with Gasteiger partial charge in [-0.15, -0.1) is 0 Å². The number of rotatable bonds is 8. The SMILES string of the molecule is COc1ccc(F)c(C(O)[C@@H](CN2CCCC2)NC(=O)C(F)(F)C2Cc3ccccc3C2)c1. The Bertz CT molecular complexity index is 970. The number of alkyl halides is 2. The number of halogens is 3. The molecule has 1 amide bonds. The standard InChI is InChI=1S/C25H29F3N2O3/c1-33-19-8-9-21(26)20(14-19)23(31)22(15-30-10-4-5-11-30)29-24(32)25(27,28)18-12-16-6-2-3-7-17(16)13-18/h2-3,6-9,14,18,22-23,31H,4-5,10-13,15H2,1H3,(H,29,32)/t22-,23?/m1/s1. The van der Waals surface area contributed by atoms with Gasteiger partial charge in [0.1, 0.15) is 17.7 Å². The van der Waals surface area contributed by atoms with E-state index in [1.54, 1.807) is 24.3 Å². The quantitative estimate of drug-likeness (QED) is 0.631. The fourth-order valence-corrected chi connectivity index (χ4v) is 4.83. The molecule has 1 heterocycles. The smallest absolute Gasteiger partial charge is 0.327 e. The van der Waals surface area contributed by atoms with Gasteiger partial charge >= 0.3 is 5.92 Å². The normalized spacial score (nSPS) is 18.7. The van der Waals surface area contributed by atoms with Crippen LogP contribution in [0, 0.1) is 11.7 Å². The summed E-state index contributed by atoms with van der Waals surface area (Å²) in [5.74, 6) is -6.60. The summed E-state index contributed by atoms with van der Waals surface area (Å²) in [6, 6.07) is 9.97. The molecule has 0 bridgehead atoms. The van der Waals surface area contributed by atoms with Crippen LogP contribution in [0.5, 0.6) is 5.75 Å². The van der Waals surface area contributed by atoms with E-state index in [9.17, 15) is 14.3 Å². The minimum absolute atomic E-state index is 0.101. The van der Waals surface area contributed by atoms with Crippen molar-refractivity contribution >= 4 is 5.91 Å². The number of aliphatic hydroxyl groups is 1. The van der Waals surface area contributed by atoms with Crippen LogP contribution in [-0.2, 0) is 17.6 Å². The van der Waals surface area contributed by atoms with Crippen molar-refractivity contribution in [1.82, 2.24) is 10.2 Å². The number of ether oxygens (including phenoxy) is 1. The first-order valence-corrected chi connectivity index (χ1v) is 11.3. The van der Waals surface area contributed by atoms with Crippen LogP contribution >= 0.6 is 0 Å². The van der Waals surface area contributed by atoms with Gasteiger partial charge in [-0.3, -0.25) is 4.79 Å². The molecule has 1 aliphatic carbocycles. The van der Waals surface area contributed by atoms with Gasteiger partial charge in [0.15, 0.2) is 0 Å². The Hall–Kier alpha value is -2.58. The molecule has 5 nitrogen and oxygen atoms in total. The molecular weight excluding hydrogens is 433 g/mol. The maximum absolute atomic E-state index is 15.2. The van der Waals surface area contributed by atoms with Crippen LogP contribution in [-0.4, -0.2) is 54.6 Å². The van der Waals surface area contributed by atoms with Gasteiger partial charge in [-0.1, -0.05) is 24.3 Å². The molecule has 2 aromatic rings. The third-order valence-electron chi connectivity index (χ3n) is 6.74. The van der Waals surface area contributed by atoms with E-state index in [1.807, 2.05) is 4.90 Å². The number of carbonyl (C=O) groups excluding carboxylic acids is 1. The van der Waals surface area contributed by atoms with Gasteiger partial charge in [0.25, 0.3) is 5.91 Å². The van der Waals surface area contributed by atoms with Gasteiger partial charge in [-0.25, -0.2) is 4.39 Å². The van der Waals surface area contributed by atoms with E-state index in [0.717, 1.165) is 43.1 Å². The predicted molar refractivity (Wildman–Crippen MR) is 118 cm³/mol. The molecule has 2 aliphatic rings. The fraction of sp³-hybridized carbons (Fsp3) is 0.480. The Morgan fingerprint density at radius 3 is 2.42 bits per heavy atom. The van der Waals surface area contributed by atoms with Gasteiger partial charge in [-0.2, -0.15) is 8.78 Å². The number of amides is 1. The molecule has 33 heavy (non-hydrogen) atoms. The first-order valence-electron chi connectivity index (χ1n) is 11.3. The number of fused-ring (bicyclic) bond motifs is 1. The number of likely N-dealkylation sites (tertiary alicyclic amines) is 1. The third kappa shape index (κ3) is 5.01. The number of hydrogen-bond donors (Lipinski definition) is 2. The molecule has 1 fully saturated rings. The molecule has 1 aliphatic heterocycles. The predicted octanol–water partition coefficient (Wildman–Crippen LogP) is 3.50. The number of hydrogen-bond acceptors (Lipinski definition) is 4. The van der Waals surface area contributed by atoms with Crippen LogP contribution in [0.1, 0.15) is 35.6 Å². The monoisotopic (exact) mass is 462 g/mol. The van der Waals surface area contributed by atoms with Crippen molar-refractivity contribution in [3.63, 3.8) is 0 Å². The zero-order valence-corrected chi connectivity index (χ0v) is 18.6. The van der Waals surface area contributed by atoms with Crippen molar-refractivity contribution in [2.24, 2.45) is 5.92 Å². The lowest BCUT2D eigenvalue weighted by Gasteiger charge is -2.31. The van der Waals surface area contributed by atoms with E-state index < -0.39 is 35.7 Å². The fourth-order valence-electron chi connectivity index (χ4n) is 4.83. The summed E-state index contributed by atoms with van der Waals surface area (Å²) in [6.45, 7) is 1.60. The van der Waals surface area contributed by atoms with Crippen LogP contribution < -0.4 is 10.1 Å². The zero-order chi connectivity index (χ0) is 23.6. The zero-order valence-electron chi connectivity index (χ0n) is 18.6. The molecule has 0 aromatic heterocycles. The van der Waals surface area contributed by atoms with Gasteiger partial charge in [0.05, 0.1) is 13.2 Å². The lowest BCUT2D eigenvalue weighted by molar-refractivity contribution is -0.155. The van der Waals surface area contributed by atoms with E-state index >= 15 is 8.78 Å². The molecule has 0 spiro atoms. The highest BCUT2D eigenvalue weighted by Gasteiger charge is 2.50. The molecule has 0 saturated carbocycles. The highest BCUT2D eigenvalue weighted by atomic mass is 19.3. The van der Waals surface area contributed by atoms with E-state index in [4.69, 9.17) is 4.74 Å². The van der Waals surface area contributed by atoms with E-state index in [2.05, 4.69) is 5.32 Å². The number of methoxy groups -OCH3 is 1. The second-order valence-electron chi connectivity index (χ2n) is 8.92. The van der Waals surface area contributed by atoms with E-state index in [-0.39, 0.29) is 24.9 Å². The van der Waals surface area contributed by atoms with Crippen LogP contribution in [0.3, 0.4) is 0 Å². The van der Waals surface area contributed by atoms with Gasteiger partial charge in [-0.05, 0) is 68.1 Å². The van der Waals surface area contributed by atoms with Crippen molar-refractivity contribution < 1.29 is 27.8 Å². The number of benzene rings is 2. The number of nitrogens with zero attached hydrogens (tertiary/aromatic N) is 1. The molecular formula is C25H29F3N2O3. The molecule has 1 saturated heterocycles. The van der Waals surface area contributed by atoms with Gasteiger partial charge in [0, 0.05) is 18.0 Å². The second-order valence-corrected chi connectivity index (χ2v) is 8.92. The summed E-state index contributed by atoms with van der Waals surface area (Å²) in [5.41, 5.74) is 1.54. The van der Waals surface area contributed by atoms with Crippen LogP contribution in [0.4, 0.5) is 13.2 Å². The second kappa shape index (κ2) is 9.73. The molecule has 2 atom stereocenters. The Morgan fingerprint density at radius 2 is 1.82 bits per heavy atom. The molecule has 178 valence electrons. The summed E-state index contributed by atoms with van der Waals surface area (Å²) in [6.07, 6.45) is 0.601. The van der Waals surface area contributed by atoms with Crippen molar-refractivity contribution in [2.45, 2.75) is 43.8 Å². The summed E-state index contributed by atoms with van der Waals surface area (Å²) in [4.78, 5) is 14.8. The summed E-state index contributed by atoms with van der Waals surface area (Å²) >= 11 is 0. The van der Waals surface area contributed by atoms with Gasteiger partial charge in [0.2, 0.25) is 0 Å². The first kappa shape index (κ1) is 23.6. The average molecular weight is 463 g/mol. The highest BCUT2D eigenvalue weighted by Crippen LogP contribution is 2.38. The van der Waals surface area contributed by atoms with Crippen LogP contribution in [0.25, 0.3) is 0 Å². The molecule has 8 heteroatoms. The number of carbonyl (C=O) groups is 1. The topological polar surface area (TPSA) is 61.8 Å². The maximum atomic E-state index is 15.2. The van der Waals surface area contributed by atoms with Crippen LogP contribution in [0.2, 0.25) is 0 Å². The maximum Gasteiger partial charge on any atom is 0.327 e. The molecule has 2 aromatic carbocycles. The molecule has 4 rings (SSSR count). The molecule has 0 radical (unpaired) electrons. The van der Waals surface area contributed by atoms with Crippen LogP contribution in [0.15, 0.2) is 42.5 Å². The van der Waals surface area contributed by atoms with Crippen molar-refractivity contribution in [2.75, 3.05) is 26.7 Å². The Morgan fingerprint density at radius 1 is 1.18 bits per heavy atom.